The van der Waals surface area contributed by atoms with E-state index in [4.69, 9.17) is 0 Å². The zero-order chi connectivity index (χ0) is 16.4. The minimum Gasteiger partial charge on any atom is -0.390 e. The van der Waals surface area contributed by atoms with Crippen molar-refractivity contribution in [1.82, 2.24) is 14.5 Å². The molecule has 23 heavy (non-hydrogen) atoms. The molecule has 0 aromatic carbocycles. The summed E-state index contributed by atoms with van der Waals surface area (Å²) in [6.45, 7) is 7.36. The van der Waals surface area contributed by atoms with E-state index in [-0.39, 0.29) is 5.56 Å². The Balaban J connectivity index is 1.68. The Morgan fingerprint density at radius 3 is 2.83 bits per heavy atom. The Kier molecular flexibility index (Phi) is 5.14. The topological polar surface area (TPSA) is 58.4 Å². The smallest absolute Gasteiger partial charge is 0.262 e. The minimum absolute atomic E-state index is 0.0442. The van der Waals surface area contributed by atoms with Gasteiger partial charge in [-0.25, -0.2) is 4.98 Å². The molecule has 0 spiro atoms. The summed E-state index contributed by atoms with van der Waals surface area (Å²) in [6.07, 6.45) is 4.33. The van der Waals surface area contributed by atoms with E-state index in [1.807, 2.05) is 6.07 Å². The first-order chi connectivity index (χ1) is 11.1. The molecule has 6 heteroatoms. The minimum atomic E-state index is -0.537. The summed E-state index contributed by atoms with van der Waals surface area (Å²) in [6, 6.07) is 1.93. The van der Waals surface area contributed by atoms with Crippen LogP contribution in [0.2, 0.25) is 0 Å². The van der Waals surface area contributed by atoms with Crippen LogP contribution < -0.4 is 5.56 Å². The number of fused-ring (bicyclic) bond motifs is 1. The van der Waals surface area contributed by atoms with E-state index in [2.05, 4.69) is 23.7 Å². The number of likely N-dealkylation sites (tertiary alicyclic amines) is 1. The fraction of sp³-hybridized carbons (Fsp3) is 0.647. The number of nitrogens with zero attached hydrogens (tertiary/aromatic N) is 3. The maximum Gasteiger partial charge on any atom is 0.262 e. The zero-order valence-corrected chi connectivity index (χ0v) is 14.7. The molecule has 3 heterocycles. The molecule has 1 unspecified atom stereocenters. The predicted molar refractivity (Wildman–Crippen MR) is 94.1 cm³/mol. The van der Waals surface area contributed by atoms with Crippen LogP contribution in [-0.4, -0.2) is 45.3 Å². The number of thiophene rings is 1. The van der Waals surface area contributed by atoms with Crippen LogP contribution in [0.4, 0.5) is 0 Å². The molecule has 1 aliphatic rings. The second-order valence-corrected chi connectivity index (χ2v) is 7.74. The normalized spacial score (nSPS) is 18.6. The fourth-order valence-electron chi connectivity index (χ4n) is 3.14. The quantitative estimate of drug-likeness (QED) is 0.909. The highest BCUT2D eigenvalue weighted by Crippen LogP contribution is 2.21. The van der Waals surface area contributed by atoms with Gasteiger partial charge in [0.25, 0.3) is 5.56 Å². The molecule has 1 atom stereocenters. The van der Waals surface area contributed by atoms with Gasteiger partial charge in [-0.2, -0.15) is 0 Å². The van der Waals surface area contributed by atoms with Gasteiger partial charge in [0.05, 0.1) is 24.4 Å². The first-order valence-electron chi connectivity index (χ1n) is 8.45. The number of aliphatic hydroxyl groups is 1. The third-order valence-electron chi connectivity index (χ3n) is 4.67. The molecular formula is C17H25N3O2S. The molecule has 2 aromatic rings. The average Bonchev–Trinajstić information content (AvgIpc) is 2.96. The lowest BCUT2D eigenvalue weighted by Gasteiger charge is -2.31. The number of aromatic nitrogens is 2. The summed E-state index contributed by atoms with van der Waals surface area (Å²) < 4.78 is 1.55. The van der Waals surface area contributed by atoms with E-state index in [1.165, 1.54) is 17.7 Å². The maximum absolute atomic E-state index is 12.5. The van der Waals surface area contributed by atoms with E-state index in [9.17, 15) is 9.90 Å². The Bertz CT molecular complexity index is 716. The van der Waals surface area contributed by atoms with Crippen LogP contribution in [0.15, 0.2) is 17.2 Å². The SMILES string of the molecule is CCc1cc2c(=O)n(CC(O)CN3CCC(C)CC3)cnc2s1. The van der Waals surface area contributed by atoms with Gasteiger partial charge in [0, 0.05) is 11.4 Å². The van der Waals surface area contributed by atoms with Crippen molar-refractivity contribution >= 4 is 21.6 Å². The Hall–Kier alpha value is -1.24. The summed E-state index contributed by atoms with van der Waals surface area (Å²) in [4.78, 5) is 21.2. The van der Waals surface area contributed by atoms with Crippen molar-refractivity contribution in [1.29, 1.82) is 0 Å². The predicted octanol–water partition coefficient (Wildman–Crippen LogP) is 2.11. The number of hydrogen-bond acceptors (Lipinski definition) is 5. The van der Waals surface area contributed by atoms with Crippen molar-refractivity contribution in [2.45, 2.75) is 45.8 Å². The van der Waals surface area contributed by atoms with Gasteiger partial charge >= 0.3 is 0 Å². The lowest BCUT2D eigenvalue weighted by atomic mass is 9.99. The number of piperidine rings is 1. The molecule has 1 N–H and O–H groups in total. The second kappa shape index (κ2) is 7.11. The first-order valence-corrected chi connectivity index (χ1v) is 9.26. The van der Waals surface area contributed by atoms with E-state index in [1.54, 1.807) is 22.2 Å². The summed E-state index contributed by atoms with van der Waals surface area (Å²) in [5, 5.41) is 11.0. The van der Waals surface area contributed by atoms with Crippen molar-refractivity contribution in [3.63, 3.8) is 0 Å². The fourth-order valence-corrected chi connectivity index (χ4v) is 4.07. The van der Waals surface area contributed by atoms with E-state index in [0.29, 0.717) is 18.5 Å². The van der Waals surface area contributed by atoms with Gasteiger partial charge < -0.3 is 10.0 Å². The van der Waals surface area contributed by atoms with Crippen LogP contribution in [0.5, 0.6) is 0 Å². The Morgan fingerprint density at radius 1 is 1.39 bits per heavy atom. The van der Waals surface area contributed by atoms with Crippen molar-refractivity contribution in [2.75, 3.05) is 19.6 Å². The highest BCUT2D eigenvalue weighted by molar-refractivity contribution is 7.18. The average molecular weight is 335 g/mol. The van der Waals surface area contributed by atoms with E-state index in [0.717, 1.165) is 30.3 Å². The molecule has 126 valence electrons. The zero-order valence-electron chi connectivity index (χ0n) is 13.9. The van der Waals surface area contributed by atoms with Gasteiger partial charge in [-0.15, -0.1) is 11.3 Å². The van der Waals surface area contributed by atoms with Crippen LogP contribution in [0.1, 0.15) is 31.6 Å². The standard InChI is InChI=1S/C17H25N3O2S/c1-3-14-8-15-16(23-14)18-11-20(17(15)22)10-13(21)9-19-6-4-12(2)5-7-19/h8,11-13,21H,3-7,9-10H2,1-2H3. The monoisotopic (exact) mass is 335 g/mol. The van der Waals surface area contributed by atoms with Gasteiger partial charge in [-0.3, -0.25) is 9.36 Å². The van der Waals surface area contributed by atoms with Crippen molar-refractivity contribution in [3.8, 4) is 0 Å². The summed E-state index contributed by atoms with van der Waals surface area (Å²) in [7, 11) is 0. The lowest BCUT2D eigenvalue weighted by Crippen LogP contribution is -2.40. The van der Waals surface area contributed by atoms with Gasteiger partial charge in [0.15, 0.2) is 0 Å². The Labute approximate surface area is 140 Å². The molecule has 0 bridgehead atoms. The third kappa shape index (κ3) is 3.82. The Morgan fingerprint density at radius 2 is 2.13 bits per heavy atom. The van der Waals surface area contributed by atoms with E-state index < -0.39 is 6.10 Å². The molecule has 2 aromatic heterocycles. The van der Waals surface area contributed by atoms with Crippen molar-refractivity contribution in [3.05, 3.63) is 27.6 Å². The van der Waals surface area contributed by atoms with Gasteiger partial charge in [-0.05, 0) is 44.3 Å². The molecule has 3 rings (SSSR count). The molecule has 0 aliphatic carbocycles. The van der Waals surface area contributed by atoms with E-state index >= 15 is 0 Å². The lowest BCUT2D eigenvalue weighted by molar-refractivity contribution is 0.0794. The molecule has 0 saturated carbocycles. The van der Waals surface area contributed by atoms with Crippen LogP contribution in [0, 0.1) is 5.92 Å². The number of aryl methyl sites for hydroxylation is 1. The van der Waals surface area contributed by atoms with Gasteiger partial charge in [-0.1, -0.05) is 13.8 Å². The molecule has 1 aliphatic heterocycles. The largest absolute Gasteiger partial charge is 0.390 e. The van der Waals surface area contributed by atoms with Crippen LogP contribution in [-0.2, 0) is 13.0 Å². The van der Waals surface area contributed by atoms with Crippen molar-refractivity contribution < 1.29 is 5.11 Å². The highest BCUT2D eigenvalue weighted by atomic mass is 32.1. The number of β-amino-alcohol motifs (C(OH)–C–C–N with tert-alkyl or cyclic N) is 1. The van der Waals surface area contributed by atoms with Gasteiger partial charge in [0.2, 0.25) is 0 Å². The van der Waals surface area contributed by atoms with Crippen LogP contribution >= 0.6 is 11.3 Å². The maximum atomic E-state index is 12.5. The molecule has 0 radical (unpaired) electrons. The van der Waals surface area contributed by atoms with Crippen LogP contribution in [0.3, 0.4) is 0 Å². The first kappa shape index (κ1) is 16.6. The summed E-state index contributed by atoms with van der Waals surface area (Å²) in [5.41, 5.74) is -0.0442. The van der Waals surface area contributed by atoms with Crippen LogP contribution in [0.25, 0.3) is 10.2 Å². The summed E-state index contributed by atoms with van der Waals surface area (Å²) >= 11 is 1.57. The molecule has 5 nitrogen and oxygen atoms in total. The second-order valence-electron chi connectivity index (χ2n) is 6.62. The van der Waals surface area contributed by atoms with Crippen molar-refractivity contribution in [2.24, 2.45) is 5.92 Å². The molecular weight excluding hydrogens is 310 g/mol. The summed E-state index contributed by atoms with van der Waals surface area (Å²) in [5.74, 6) is 0.781. The molecule has 1 saturated heterocycles. The number of aliphatic hydroxyl groups excluding tert-OH is 1. The third-order valence-corrected chi connectivity index (χ3v) is 5.86. The van der Waals surface area contributed by atoms with Gasteiger partial charge in [0.1, 0.15) is 4.83 Å². The number of hydrogen-bond donors (Lipinski definition) is 1. The number of rotatable bonds is 5. The highest BCUT2D eigenvalue weighted by Gasteiger charge is 2.19. The molecule has 0 amide bonds. The molecule has 1 fully saturated rings.